The molecule has 1 aromatic carbocycles. The summed E-state index contributed by atoms with van der Waals surface area (Å²) in [4.78, 5) is 8.35. The molecule has 0 atom stereocenters. The number of aromatic nitrogens is 2. The van der Waals surface area contributed by atoms with Crippen molar-refractivity contribution < 1.29 is 9.13 Å². The zero-order valence-corrected chi connectivity index (χ0v) is 11.8. The minimum atomic E-state index is -0.365. The molecule has 0 fully saturated rings. The summed E-state index contributed by atoms with van der Waals surface area (Å²) < 4.78 is 18.9. The summed E-state index contributed by atoms with van der Waals surface area (Å²) in [5.41, 5.74) is 1.20. The van der Waals surface area contributed by atoms with Crippen LogP contribution in [0.25, 0.3) is 11.4 Å². The predicted octanol–water partition coefficient (Wildman–Crippen LogP) is 3.85. The molecule has 0 radical (unpaired) electrons. The van der Waals surface area contributed by atoms with Crippen LogP contribution in [0.3, 0.4) is 0 Å². The van der Waals surface area contributed by atoms with Crippen LogP contribution in [0.5, 0.6) is 0 Å². The molecule has 94 valence electrons. The highest BCUT2D eigenvalue weighted by atomic mass is 79.9. The maximum absolute atomic E-state index is 13.3. The van der Waals surface area contributed by atoms with Crippen LogP contribution < -0.4 is 0 Å². The van der Waals surface area contributed by atoms with Gasteiger partial charge in [0.05, 0.1) is 12.3 Å². The number of hydrogen-bond donors (Lipinski definition) is 0. The van der Waals surface area contributed by atoms with Crippen LogP contribution in [-0.2, 0) is 11.3 Å². The molecule has 0 aliphatic carbocycles. The number of halogens is 3. The second-order valence-corrected chi connectivity index (χ2v) is 4.90. The van der Waals surface area contributed by atoms with Crippen LogP contribution in [0.15, 0.2) is 28.7 Å². The third-order valence-corrected chi connectivity index (χ3v) is 2.81. The highest BCUT2D eigenvalue weighted by Gasteiger charge is 2.08. The Bertz CT molecular complexity index is 560. The van der Waals surface area contributed by atoms with Crippen LogP contribution in [0.2, 0.25) is 5.15 Å². The van der Waals surface area contributed by atoms with Gasteiger partial charge in [-0.25, -0.2) is 14.4 Å². The van der Waals surface area contributed by atoms with Gasteiger partial charge in [0.1, 0.15) is 11.0 Å². The Kier molecular flexibility index (Phi) is 4.27. The molecule has 0 spiro atoms. The molecule has 0 N–H and O–H groups in total. The average Bonchev–Trinajstić information content (AvgIpc) is 2.27. The normalized spacial score (nSPS) is 10.7. The lowest BCUT2D eigenvalue weighted by atomic mass is 10.2. The van der Waals surface area contributed by atoms with Gasteiger partial charge in [-0.3, -0.25) is 0 Å². The number of benzene rings is 1. The average molecular weight is 332 g/mol. The van der Waals surface area contributed by atoms with Gasteiger partial charge in [-0.2, -0.15) is 0 Å². The minimum absolute atomic E-state index is 0.299. The molecule has 1 aromatic heterocycles. The third-order valence-electron chi connectivity index (χ3n) is 2.16. The topological polar surface area (TPSA) is 35.0 Å². The maximum atomic E-state index is 13.3. The van der Waals surface area contributed by atoms with Crippen molar-refractivity contribution in [3.8, 4) is 11.4 Å². The fourth-order valence-corrected chi connectivity index (χ4v) is 2.17. The van der Waals surface area contributed by atoms with E-state index in [1.165, 1.54) is 12.1 Å². The van der Waals surface area contributed by atoms with E-state index >= 15 is 0 Å². The molecule has 18 heavy (non-hydrogen) atoms. The van der Waals surface area contributed by atoms with Crippen molar-refractivity contribution in [1.82, 2.24) is 9.97 Å². The molecule has 6 heteroatoms. The lowest BCUT2D eigenvalue weighted by molar-refractivity contribution is 0.181. The first-order valence-corrected chi connectivity index (χ1v) is 6.24. The fourth-order valence-electron chi connectivity index (χ4n) is 1.50. The second-order valence-electron chi connectivity index (χ2n) is 3.60. The van der Waals surface area contributed by atoms with E-state index in [0.717, 1.165) is 0 Å². The van der Waals surface area contributed by atoms with Crippen LogP contribution in [0.4, 0.5) is 4.39 Å². The molecule has 0 saturated heterocycles. The van der Waals surface area contributed by atoms with Crippen molar-refractivity contribution in [3.05, 3.63) is 45.4 Å². The van der Waals surface area contributed by atoms with Gasteiger partial charge >= 0.3 is 0 Å². The molecule has 3 nitrogen and oxygen atoms in total. The number of rotatable bonds is 3. The highest BCUT2D eigenvalue weighted by Crippen LogP contribution is 2.23. The maximum Gasteiger partial charge on any atom is 0.161 e. The zero-order valence-electron chi connectivity index (χ0n) is 9.45. The molecule has 0 amide bonds. The van der Waals surface area contributed by atoms with Gasteiger partial charge in [-0.1, -0.05) is 27.5 Å². The van der Waals surface area contributed by atoms with E-state index in [1.54, 1.807) is 19.2 Å². The Labute approximate surface area is 117 Å². The minimum Gasteiger partial charge on any atom is -0.378 e. The molecule has 0 aliphatic rings. The third kappa shape index (κ3) is 3.25. The number of nitrogens with zero attached hydrogens (tertiary/aromatic N) is 2. The van der Waals surface area contributed by atoms with E-state index in [2.05, 4.69) is 25.9 Å². The van der Waals surface area contributed by atoms with E-state index in [4.69, 9.17) is 16.3 Å². The summed E-state index contributed by atoms with van der Waals surface area (Å²) in [7, 11) is 1.56. The largest absolute Gasteiger partial charge is 0.378 e. The highest BCUT2D eigenvalue weighted by molar-refractivity contribution is 9.10. The summed E-state index contributed by atoms with van der Waals surface area (Å²) >= 11 is 9.13. The van der Waals surface area contributed by atoms with Crippen molar-refractivity contribution in [2.45, 2.75) is 6.61 Å². The summed E-state index contributed by atoms with van der Waals surface area (Å²) in [6.07, 6.45) is 0. The summed E-state index contributed by atoms with van der Waals surface area (Å²) in [5.74, 6) is 0.00555. The first-order chi connectivity index (χ1) is 8.58. The van der Waals surface area contributed by atoms with Crippen LogP contribution >= 0.6 is 27.5 Å². The Morgan fingerprint density at radius 3 is 2.72 bits per heavy atom. The molecule has 0 bridgehead atoms. The monoisotopic (exact) mass is 330 g/mol. The van der Waals surface area contributed by atoms with E-state index in [-0.39, 0.29) is 5.82 Å². The van der Waals surface area contributed by atoms with Crippen LogP contribution in [0.1, 0.15) is 5.69 Å². The van der Waals surface area contributed by atoms with E-state index in [1.807, 2.05) is 0 Å². The van der Waals surface area contributed by atoms with Crippen molar-refractivity contribution in [2.75, 3.05) is 7.11 Å². The first-order valence-electron chi connectivity index (χ1n) is 5.07. The molecular formula is C12H9BrClFN2O. The van der Waals surface area contributed by atoms with E-state index in [0.29, 0.717) is 33.3 Å². The van der Waals surface area contributed by atoms with Gasteiger partial charge in [0.15, 0.2) is 5.82 Å². The molecule has 0 saturated carbocycles. The Morgan fingerprint density at radius 1 is 1.28 bits per heavy atom. The van der Waals surface area contributed by atoms with Gasteiger partial charge in [-0.05, 0) is 24.3 Å². The van der Waals surface area contributed by atoms with E-state index < -0.39 is 0 Å². The van der Waals surface area contributed by atoms with Crippen molar-refractivity contribution in [3.63, 3.8) is 0 Å². The predicted molar refractivity (Wildman–Crippen MR) is 70.8 cm³/mol. The summed E-state index contributed by atoms with van der Waals surface area (Å²) in [6.45, 7) is 0.325. The number of methoxy groups -OCH3 is 1. The molecular weight excluding hydrogens is 322 g/mol. The lowest BCUT2D eigenvalue weighted by Gasteiger charge is -2.05. The van der Waals surface area contributed by atoms with E-state index in [9.17, 15) is 4.39 Å². The van der Waals surface area contributed by atoms with Crippen LogP contribution in [-0.4, -0.2) is 17.1 Å². The number of hydrogen-bond acceptors (Lipinski definition) is 3. The molecule has 0 aliphatic heterocycles. The quantitative estimate of drug-likeness (QED) is 0.801. The van der Waals surface area contributed by atoms with Gasteiger partial charge in [0, 0.05) is 17.1 Å². The molecule has 1 heterocycles. The zero-order chi connectivity index (χ0) is 13.1. The summed E-state index contributed by atoms with van der Waals surface area (Å²) in [6, 6.07) is 6.06. The Hall–Kier alpha value is -1.04. The molecule has 0 unspecified atom stereocenters. The van der Waals surface area contributed by atoms with Gasteiger partial charge in [-0.15, -0.1) is 0 Å². The van der Waals surface area contributed by atoms with Gasteiger partial charge in [0.2, 0.25) is 0 Å². The fraction of sp³-hybridized carbons (Fsp3) is 0.167. The van der Waals surface area contributed by atoms with Gasteiger partial charge in [0.25, 0.3) is 0 Å². The first kappa shape index (κ1) is 13.4. The van der Waals surface area contributed by atoms with Gasteiger partial charge < -0.3 is 4.74 Å². The second kappa shape index (κ2) is 5.73. The van der Waals surface area contributed by atoms with Crippen molar-refractivity contribution in [2.24, 2.45) is 0 Å². The van der Waals surface area contributed by atoms with Crippen molar-refractivity contribution in [1.29, 1.82) is 0 Å². The Morgan fingerprint density at radius 2 is 2.06 bits per heavy atom. The smallest absolute Gasteiger partial charge is 0.161 e. The lowest BCUT2D eigenvalue weighted by Crippen LogP contribution is -1.98. The number of ether oxygens (including phenoxy) is 1. The van der Waals surface area contributed by atoms with Crippen molar-refractivity contribution >= 4 is 27.5 Å². The molecule has 2 rings (SSSR count). The standard InChI is InChI=1S/C12H9BrClFN2O/c1-18-6-10-5-11(14)17-12(16-10)7-2-8(13)4-9(15)3-7/h2-5H,6H2,1H3. The Balaban J connectivity index is 2.49. The van der Waals surface area contributed by atoms with Crippen LogP contribution in [0, 0.1) is 5.82 Å². The summed E-state index contributed by atoms with van der Waals surface area (Å²) in [5, 5.41) is 0.299. The SMILES string of the molecule is COCc1cc(Cl)nc(-c2cc(F)cc(Br)c2)n1. The molecule has 2 aromatic rings.